The van der Waals surface area contributed by atoms with Gasteiger partial charge in [-0.3, -0.25) is 0 Å². The molecule has 1 atom stereocenters. The lowest BCUT2D eigenvalue weighted by Crippen LogP contribution is -2.38. The van der Waals surface area contributed by atoms with E-state index in [1.54, 1.807) is 12.3 Å². The Hall–Kier alpha value is -1.99. The van der Waals surface area contributed by atoms with Crippen LogP contribution in [0.25, 0.3) is 0 Å². The normalized spacial score (nSPS) is 16.8. The van der Waals surface area contributed by atoms with E-state index in [-0.39, 0.29) is 15.8 Å². The number of thiocarbonyl (C=S) groups is 1. The maximum absolute atomic E-state index is 13.3. The Labute approximate surface area is 172 Å². The Balaban J connectivity index is 1.80. The molecule has 8 heteroatoms. The zero-order chi connectivity index (χ0) is 20.1. The number of benzene rings is 1. The molecule has 1 aromatic carbocycles. The Morgan fingerprint density at radius 3 is 2.75 bits per heavy atom. The summed E-state index contributed by atoms with van der Waals surface area (Å²) in [5.74, 6) is 1.07. The number of allylic oxidation sites excluding steroid dienone is 2. The van der Waals surface area contributed by atoms with Gasteiger partial charge in [-0.1, -0.05) is 23.8 Å². The van der Waals surface area contributed by atoms with E-state index in [0.29, 0.717) is 24.8 Å². The molecule has 0 saturated heterocycles. The van der Waals surface area contributed by atoms with Crippen molar-refractivity contribution in [2.24, 2.45) is 5.92 Å². The number of nitrogens with zero attached hydrogens (tertiary/aromatic N) is 1. The van der Waals surface area contributed by atoms with Gasteiger partial charge in [-0.15, -0.1) is 0 Å². The predicted octanol–water partition coefficient (Wildman–Crippen LogP) is 6.51. The summed E-state index contributed by atoms with van der Waals surface area (Å²) in [6.07, 6.45) is 4.25. The smallest absolute Gasteiger partial charge is 0.418 e. The third kappa shape index (κ3) is 5.52. The minimum Gasteiger partial charge on any atom is -0.467 e. The zero-order valence-electron chi connectivity index (χ0n) is 15.0. The van der Waals surface area contributed by atoms with E-state index >= 15 is 0 Å². The van der Waals surface area contributed by atoms with Gasteiger partial charge in [0, 0.05) is 11.6 Å². The molecule has 3 nitrogen and oxygen atoms in total. The third-order valence-corrected chi connectivity index (χ3v) is 5.19. The van der Waals surface area contributed by atoms with Crippen molar-refractivity contribution in [3.05, 3.63) is 65.1 Å². The van der Waals surface area contributed by atoms with Crippen LogP contribution in [-0.4, -0.2) is 16.6 Å². The molecule has 0 fully saturated rings. The summed E-state index contributed by atoms with van der Waals surface area (Å²) in [7, 11) is 0. The molecular formula is C20H20ClF3N2OS. The Morgan fingerprint density at radius 2 is 2.11 bits per heavy atom. The van der Waals surface area contributed by atoms with Crippen molar-refractivity contribution < 1.29 is 17.6 Å². The van der Waals surface area contributed by atoms with Gasteiger partial charge < -0.3 is 14.6 Å². The van der Waals surface area contributed by atoms with Gasteiger partial charge >= 0.3 is 6.18 Å². The fourth-order valence-corrected chi connectivity index (χ4v) is 3.63. The summed E-state index contributed by atoms with van der Waals surface area (Å²) in [6.45, 7) is 1.000. The van der Waals surface area contributed by atoms with Crippen LogP contribution in [0, 0.1) is 5.92 Å². The molecule has 3 rings (SSSR count). The Bertz CT molecular complexity index is 836. The molecule has 1 N–H and O–H groups in total. The van der Waals surface area contributed by atoms with E-state index < -0.39 is 11.7 Å². The summed E-state index contributed by atoms with van der Waals surface area (Å²) in [4.78, 5) is 1.85. The number of nitrogens with one attached hydrogen (secondary N) is 1. The monoisotopic (exact) mass is 428 g/mol. The molecule has 0 spiro atoms. The standard InChI is InChI=1S/C20H20ClF3N2OS/c21-15-8-9-17(20(22,23)24)18(11-15)25-19(28)26(13-16-7-4-10-27-16)12-14-5-2-1-3-6-14/h1-2,4,7-11,14H,3,5-6,12-13H2,(H,25,28). The number of hydrogen-bond donors (Lipinski definition) is 1. The molecule has 2 aromatic rings. The molecule has 0 radical (unpaired) electrons. The van der Waals surface area contributed by atoms with Crippen LogP contribution in [-0.2, 0) is 12.7 Å². The van der Waals surface area contributed by atoms with E-state index in [2.05, 4.69) is 17.5 Å². The van der Waals surface area contributed by atoms with Crippen LogP contribution < -0.4 is 5.32 Å². The highest BCUT2D eigenvalue weighted by molar-refractivity contribution is 7.80. The van der Waals surface area contributed by atoms with Crippen LogP contribution in [0.4, 0.5) is 18.9 Å². The van der Waals surface area contributed by atoms with Crippen LogP contribution in [0.15, 0.2) is 53.2 Å². The van der Waals surface area contributed by atoms with Gasteiger partial charge in [0.1, 0.15) is 5.76 Å². The Morgan fingerprint density at radius 1 is 1.29 bits per heavy atom. The molecule has 0 aliphatic heterocycles. The minimum atomic E-state index is -4.51. The quantitative estimate of drug-likeness (QED) is 0.434. The highest BCUT2D eigenvalue weighted by Crippen LogP contribution is 2.36. The highest BCUT2D eigenvalue weighted by Gasteiger charge is 2.34. The second-order valence-corrected chi connectivity index (χ2v) is 7.55. The number of rotatable bonds is 5. The average Bonchev–Trinajstić information content (AvgIpc) is 3.14. The zero-order valence-corrected chi connectivity index (χ0v) is 16.6. The Kier molecular flexibility index (Phi) is 6.67. The molecule has 1 unspecified atom stereocenters. The third-order valence-electron chi connectivity index (χ3n) is 4.60. The molecule has 1 aliphatic carbocycles. The lowest BCUT2D eigenvalue weighted by molar-refractivity contribution is -0.136. The summed E-state index contributed by atoms with van der Waals surface area (Å²) in [6, 6.07) is 7.00. The van der Waals surface area contributed by atoms with Crippen LogP contribution >= 0.6 is 23.8 Å². The van der Waals surface area contributed by atoms with Gasteiger partial charge in [0.2, 0.25) is 0 Å². The van der Waals surface area contributed by atoms with Crippen molar-refractivity contribution in [2.45, 2.75) is 32.0 Å². The summed E-state index contributed by atoms with van der Waals surface area (Å²) in [5.41, 5.74) is -0.962. The molecule has 1 heterocycles. The number of furan rings is 1. The van der Waals surface area contributed by atoms with Gasteiger partial charge in [-0.2, -0.15) is 13.2 Å². The summed E-state index contributed by atoms with van der Waals surface area (Å²) in [5, 5.41) is 3.16. The lowest BCUT2D eigenvalue weighted by Gasteiger charge is -2.30. The van der Waals surface area contributed by atoms with Crippen LogP contribution in [0.2, 0.25) is 5.02 Å². The maximum atomic E-state index is 13.3. The van der Waals surface area contributed by atoms with Crippen molar-refractivity contribution in [3.8, 4) is 0 Å². The van der Waals surface area contributed by atoms with Gasteiger partial charge in [0.15, 0.2) is 5.11 Å². The highest BCUT2D eigenvalue weighted by atomic mass is 35.5. The SMILES string of the molecule is FC(F)(F)c1ccc(Cl)cc1NC(=S)N(Cc1ccco1)CC1CC=CCC1. The molecule has 150 valence electrons. The van der Waals surface area contributed by atoms with E-state index in [1.165, 1.54) is 12.1 Å². The van der Waals surface area contributed by atoms with E-state index in [1.807, 2.05) is 11.0 Å². The van der Waals surface area contributed by atoms with E-state index in [4.69, 9.17) is 28.2 Å². The van der Waals surface area contributed by atoms with E-state index in [9.17, 15) is 13.2 Å². The first kappa shape index (κ1) is 20.7. The minimum absolute atomic E-state index is 0.155. The fraction of sp³-hybridized carbons (Fsp3) is 0.350. The van der Waals surface area contributed by atoms with Gasteiger partial charge in [-0.25, -0.2) is 0 Å². The van der Waals surface area contributed by atoms with Crippen molar-refractivity contribution in [1.29, 1.82) is 0 Å². The van der Waals surface area contributed by atoms with Crippen molar-refractivity contribution >= 4 is 34.6 Å². The number of hydrogen-bond acceptors (Lipinski definition) is 2. The molecule has 1 aliphatic rings. The van der Waals surface area contributed by atoms with Crippen molar-refractivity contribution in [1.82, 2.24) is 4.90 Å². The number of halogens is 4. The first-order chi connectivity index (χ1) is 13.3. The molecule has 0 amide bonds. The first-order valence-electron chi connectivity index (χ1n) is 8.93. The average molecular weight is 429 g/mol. The topological polar surface area (TPSA) is 28.4 Å². The maximum Gasteiger partial charge on any atom is 0.418 e. The molecule has 0 bridgehead atoms. The second kappa shape index (κ2) is 9.01. The molecular weight excluding hydrogens is 409 g/mol. The molecule has 0 saturated carbocycles. The molecule has 28 heavy (non-hydrogen) atoms. The fourth-order valence-electron chi connectivity index (χ4n) is 3.21. The van der Waals surface area contributed by atoms with Crippen LogP contribution in [0.3, 0.4) is 0 Å². The summed E-state index contributed by atoms with van der Waals surface area (Å²) >= 11 is 11.4. The van der Waals surface area contributed by atoms with Crippen LogP contribution in [0.1, 0.15) is 30.6 Å². The van der Waals surface area contributed by atoms with Crippen molar-refractivity contribution in [2.75, 3.05) is 11.9 Å². The largest absolute Gasteiger partial charge is 0.467 e. The number of alkyl halides is 3. The second-order valence-electron chi connectivity index (χ2n) is 6.73. The van der Waals surface area contributed by atoms with E-state index in [0.717, 1.165) is 25.3 Å². The molecule has 1 aromatic heterocycles. The van der Waals surface area contributed by atoms with Crippen molar-refractivity contribution in [3.63, 3.8) is 0 Å². The first-order valence-corrected chi connectivity index (χ1v) is 9.71. The summed E-state index contributed by atoms with van der Waals surface area (Å²) < 4.78 is 45.4. The number of anilines is 1. The van der Waals surface area contributed by atoms with Gasteiger partial charge in [0.25, 0.3) is 0 Å². The van der Waals surface area contributed by atoms with Crippen LogP contribution in [0.5, 0.6) is 0 Å². The predicted molar refractivity (Wildman–Crippen MR) is 108 cm³/mol. The van der Waals surface area contributed by atoms with Gasteiger partial charge in [-0.05, 0) is 67.7 Å². The van der Waals surface area contributed by atoms with Gasteiger partial charge in [0.05, 0.1) is 24.1 Å². The lowest BCUT2D eigenvalue weighted by atomic mass is 9.94.